The first kappa shape index (κ1) is 28.3. The molecule has 216 valence electrons. The van der Waals surface area contributed by atoms with Crippen LogP contribution in [0.2, 0.25) is 0 Å². The topological polar surface area (TPSA) is 194 Å². The first-order valence-corrected chi connectivity index (χ1v) is 13.7. The number of phenols is 2. The van der Waals surface area contributed by atoms with Gasteiger partial charge in [-0.3, -0.25) is 19.3 Å². The number of aliphatic hydroxyl groups excluding tert-OH is 2. The van der Waals surface area contributed by atoms with Crippen LogP contribution in [0.25, 0.3) is 10.8 Å². The van der Waals surface area contributed by atoms with Crippen molar-refractivity contribution in [1.82, 2.24) is 10.2 Å². The van der Waals surface area contributed by atoms with Crippen LogP contribution in [0.15, 0.2) is 18.2 Å². The van der Waals surface area contributed by atoms with Gasteiger partial charge in [0.25, 0.3) is 0 Å². The number of nitrogen functional groups attached to an aromatic ring is 1. The number of aliphatic hydroxyl groups is 3. The Hall–Kier alpha value is -3.25. The van der Waals surface area contributed by atoms with E-state index in [1.165, 1.54) is 37.2 Å². The number of nitrogens with two attached hydrogens (primary N) is 1. The summed E-state index contributed by atoms with van der Waals surface area (Å²) in [7, 11) is 3.02. The second kappa shape index (κ2) is 9.69. The van der Waals surface area contributed by atoms with E-state index in [1.54, 1.807) is 0 Å². The van der Waals surface area contributed by atoms with Crippen LogP contribution in [0, 0.1) is 11.8 Å². The number of hydrogen-bond acceptors (Lipinski definition) is 10. The molecule has 8 N–H and O–H groups in total. The second-order valence-corrected chi connectivity index (χ2v) is 11.8. The molecule has 2 fully saturated rings. The second-order valence-electron chi connectivity index (χ2n) is 11.8. The van der Waals surface area contributed by atoms with Gasteiger partial charge in [-0.25, -0.2) is 0 Å². The van der Waals surface area contributed by atoms with Crippen LogP contribution in [0.4, 0.5) is 5.69 Å². The number of rotatable bonds is 4. The lowest BCUT2D eigenvalue weighted by atomic mass is 9.56. The maximum Gasteiger partial charge on any atom is 0.238 e. The molecule has 0 bridgehead atoms. The average Bonchev–Trinajstić information content (AvgIpc) is 2.91. The molecule has 2 aromatic rings. The molecule has 3 aliphatic rings. The Morgan fingerprint density at radius 1 is 1.10 bits per heavy atom. The summed E-state index contributed by atoms with van der Waals surface area (Å²) in [6.45, 7) is 1.92. The van der Waals surface area contributed by atoms with Gasteiger partial charge in [0.15, 0.2) is 23.1 Å². The van der Waals surface area contributed by atoms with Gasteiger partial charge in [0.05, 0.1) is 23.4 Å². The number of likely N-dealkylation sites (N-methyl/N-ethyl adjacent to an activating group) is 1. The molecule has 0 aromatic heterocycles. The Kier molecular flexibility index (Phi) is 6.85. The van der Waals surface area contributed by atoms with E-state index < -0.39 is 70.0 Å². The van der Waals surface area contributed by atoms with Gasteiger partial charge in [-0.05, 0) is 39.4 Å². The third kappa shape index (κ3) is 3.75. The number of carbonyl (C=O) groups is 3. The van der Waals surface area contributed by atoms with E-state index in [4.69, 9.17) is 5.73 Å². The molecule has 6 atom stereocenters. The molecule has 2 unspecified atom stereocenters. The number of nitrogens with zero attached hydrogens (tertiary/aromatic N) is 1. The van der Waals surface area contributed by atoms with E-state index in [0.29, 0.717) is 19.3 Å². The van der Waals surface area contributed by atoms with Crippen LogP contribution < -0.4 is 11.1 Å². The standard InChI is InChI=1S/C29H37N3O8/c1-4-28(11-6-5-7-12-28)31-27(39)18-24(36)21(32(2)3)19-23(35)16-17(25(37)29(19,40)26(18)38)22(34)15-13(20(16)30)9-8-10-14(15)33/h8-10,18-19,21,23,25,33-35,37,40H,4-7,11-12,30H2,1-3H3,(H,31,39)/t18?,19-,21+,23+,25?,29+/m1/s1. The summed E-state index contributed by atoms with van der Waals surface area (Å²) in [5.74, 6) is -7.52. The predicted molar refractivity (Wildman–Crippen MR) is 145 cm³/mol. The minimum Gasteiger partial charge on any atom is -0.507 e. The molecule has 40 heavy (non-hydrogen) atoms. The highest BCUT2D eigenvalue weighted by Gasteiger charge is 2.69. The number of amides is 1. The van der Waals surface area contributed by atoms with Gasteiger partial charge in [0.1, 0.15) is 17.6 Å². The van der Waals surface area contributed by atoms with Gasteiger partial charge >= 0.3 is 0 Å². The molecule has 0 spiro atoms. The van der Waals surface area contributed by atoms with Crippen molar-refractivity contribution in [3.8, 4) is 11.5 Å². The first-order chi connectivity index (χ1) is 18.8. The Morgan fingerprint density at radius 3 is 2.35 bits per heavy atom. The smallest absolute Gasteiger partial charge is 0.238 e. The van der Waals surface area contributed by atoms with Gasteiger partial charge in [-0.1, -0.05) is 38.3 Å². The van der Waals surface area contributed by atoms with E-state index >= 15 is 0 Å². The lowest BCUT2D eigenvalue weighted by molar-refractivity contribution is -0.202. The summed E-state index contributed by atoms with van der Waals surface area (Å²) in [6.07, 6.45) is 0.798. The minimum absolute atomic E-state index is 0.0910. The summed E-state index contributed by atoms with van der Waals surface area (Å²) in [4.78, 5) is 43.0. The van der Waals surface area contributed by atoms with E-state index in [0.717, 1.165) is 19.3 Å². The lowest BCUT2D eigenvalue weighted by Gasteiger charge is -2.54. The van der Waals surface area contributed by atoms with Crippen molar-refractivity contribution in [2.24, 2.45) is 11.8 Å². The van der Waals surface area contributed by atoms with Crippen LogP contribution in [0.1, 0.15) is 68.8 Å². The van der Waals surface area contributed by atoms with Gasteiger partial charge < -0.3 is 36.6 Å². The zero-order valence-electron chi connectivity index (χ0n) is 22.8. The largest absolute Gasteiger partial charge is 0.507 e. The van der Waals surface area contributed by atoms with Crippen molar-refractivity contribution < 1.29 is 39.9 Å². The first-order valence-electron chi connectivity index (χ1n) is 13.7. The molecule has 1 amide bonds. The SMILES string of the molecule is CCC1(NC(=O)C2C(=O)[C@@H](N(C)C)[C@@H]3[C@@H](O)c4c(c(O)c5c(O)cccc5c4N)C(O)[C@]3(O)C2=O)CCCCC1. The number of aromatic hydroxyl groups is 2. The molecule has 11 nitrogen and oxygen atoms in total. The van der Waals surface area contributed by atoms with Crippen LogP contribution >= 0.6 is 0 Å². The van der Waals surface area contributed by atoms with E-state index in [-0.39, 0.29) is 27.8 Å². The molecule has 0 heterocycles. The molecule has 5 rings (SSSR count). The zero-order valence-corrected chi connectivity index (χ0v) is 22.8. The maximum atomic E-state index is 14.0. The Labute approximate surface area is 231 Å². The fraction of sp³-hybridized carbons (Fsp3) is 0.552. The molecular formula is C29H37N3O8. The molecule has 0 aliphatic heterocycles. The number of fused-ring (bicyclic) bond motifs is 3. The third-order valence-electron chi connectivity index (χ3n) is 9.51. The van der Waals surface area contributed by atoms with Gasteiger partial charge in [-0.2, -0.15) is 0 Å². The molecule has 0 saturated heterocycles. The Morgan fingerprint density at radius 2 is 1.75 bits per heavy atom. The highest BCUT2D eigenvalue weighted by atomic mass is 16.4. The van der Waals surface area contributed by atoms with Crippen LogP contribution in [0.5, 0.6) is 11.5 Å². The highest BCUT2D eigenvalue weighted by molar-refractivity contribution is 6.24. The summed E-state index contributed by atoms with van der Waals surface area (Å²) >= 11 is 0. The number of anilines is 1. The van der Waals surface area contributed by atoms with Crippen LogP contribution in [0.3, 0.4) is 0 Å². The number of hydrogen-bond donors (Lipinski definition) is 7. The van der Waals surface area contributed by atoms with Crippen molar-refractivity contribution in [2.75, 3.05) is 19.8 Å². The summed E-state index contributed by atoms with van der Waals surface area (Å²) in [6, 6.07) is 2.91. The van der Waals surface area contributed by atoms with Crippen molar-refractivity contribution in [1.29, 1.82) is 0 Å². The Balaban J connectivity index is 1.68. The van der Waals surface area contributed by atoms with Gasteiger partial charge in [0.2, 0.25) is 5.91 Å². The maximum absolute atomic E-state index is 14.0. The lowest BCUT2D eigenvalue weighted by Crippen LogP contribution is -2.72. The monoisotopic (exact) mass is 555 g/mol. The number of phenolic OH excluding ortho intramolecular Hbond substituents is 2. The van der Waals surface area contributed by atoms with E-state index in [1.807, 2.05) is 6.92 Å². The molecule has 2 aromatic carbocycles. The highest BCUT2D eigenvalue weighted by Crippen LogP contribution is 2.58. The Bertz CT molecular complexity index is 1400. The number of Topliss-reactive ketones (excluding diaryl/α,β-unsaturated/α-hetero) is 2. The average molecular weight is 556 g/mol. The summed E-state index contributed by atoms with van der Waals surface area (Å²) in [5, 5.41) is 59.9. The van der Waals surface area contributed by atoms with Gasteiger partial charge in [0, 0.05) is 27.7 Å². The normalized spacial score (nSPS) is 31.6. The molecule has 3 aliphatic carbocycles. The zero-order chi connectivity index (χ0) is 29.3. The summed E-state index contributed by atoms with van der Waals surface area (Å²) in [5.41, 5.74) is 2.26. The van der Waals surface area contributed by atoms with Crippen molar-refractivity contribution in [2.45, 2.75) is 74.8 Å². The third-order valence-corrected chi connectivity index (χ3v) is 9.51. The summed E-state index contributed by atoms with van der Waals surface area (Å²) < 4.78 is 0. The van der Waals surface area contributed by atoms with Crippen molar-refractivity contribution >= 4 is 33.9 Å². The van der Waals surface area contributed by atoms with Crippen molar-refractivity contribution in [3.63, 3.8) is 0 Å². The van der Waals surface area contributed by atoms with E-state index in [9.17, 15) is 39.9 Å². The van der Waals surface area contributed by atoms with Crippen LogP contribution in [-0.4, -0.2) is 79.2 Å². The van der Waals surface area contributed by atoms with Gasteiger partial charge in [-0.15, -0.1) is 0 Å². The molecule has 11 heteroatoms. The number of nitrogens with one attached hydrogen (secondary N) is 1. The molecule has 2 saturated carbocycles. The molecule has 0 radical (unpaired) electrons. The fourth-order valence-corrected chi connectivity index (χ4v) is 7.36. The van der Waals surface area contributed by atoms with E-state index in [2.05, 4.69) is 5.32 Å². The predicted octanol–water partition coefficient (Wildman–Crippen LogP) is 1.19. The number of ketones is 2. The molecular weight excluding hydrogens is 518 g/mol. The number of benzene rings is 2. The van der Waals surface area contributed by atoms with Crippen molar-refractivity contribution in [3.05, 3.63) is 29.3 Å². The quantitative estimate of drug-likeness (QED) is 0.164. The minimum atomic E-state index is -2.84. The van der Waals surface area contributed by atoms with Crippen LogP contribution in [-0.2, 0) is 14.4 Å². The number of carbonyl (C=O) groups excluding carboxylic acids is 3. The fourth-order valence-electron chi connectivity index (χ4n) is 7.36.